The number of hydrogen-bond donors (Lipinski definition) is 2. The number of halogens is 2. The van der Waals surface area contributed by atoms with Gasteiger partial charge in [-0.3, -0.25) is 5.84 Å². The molecule has 1 aromatic carbocycles. The van der Waals surface area contributed by atoms with Crippen LogP contribution in [0.5, 0.6) is 5.75 Å². The van der Waals surface area contributed by atoms with Gasteiger partial charge < -0.3 is 4.74 Å². The van der Waals surface area contributed by atoms with Gasteiger partial charge in [-0.2, -0.15) is 0 Å². The van der Waals surface area contributed by atoms with Crippen LogP contribution < -0.4 is 16.0 Å². The van der Waals surface area contributed by atoms with Crippen molar-refractivity contribution in [1.82, 2.24) is 5.43 Å². The third-order valence-electron chi connectivity index (χ3n) is 2.54. The van der Waals surface area contributed by atoms with E-state index in [-0.39, 0.29) is 6.04 Å². The molecule has 0 bridgehead atoms. The summed E-state index contributed by atoms with van der Waals surface area (Å²) in [4.78, 5) is 1.13. The lowest BCUT2D eigenvalue weighted by Gasteiger charge is -2.15. The molecule has 18 heavy (non-hydrogen) atoms. The molecule has 2 rings (SSSR count). The summed E-state index contributed by atoms with van der Waals surface area (Å²) in [7, 11) is 1.66. The van der Waals surface area contributed by atoms with Gasteiger partial charge in [-0.15, -0.1) is 11.3 Å². The Morgan fingerprint density at radius 2 is 2.11 bits per heavy atom. The zero-order valence-corrected chi connectivity index (χ0v) is 13.6. The van der Waals surface area contributed by atoms with E-state index in [9.17, 15) is 0 Å². The summed E-state index contributed by atoms with van der Waals surface area (Å²) in [5, 5.41) is 0. The monoisotopic (exact) mass is 390 g/mol. The van der Waals surface area contributed by atoms with E-state index in [0.717, 1.165) is 24.4 Å². The van der Waals surface area contributed by atoms with E-state index in [1.54, 1.807) is 18.4 Å². The summed E-state index contributed by atoms with van der Waals surface area (Å²) in [6.45, 7) is 0. The summed E-state index contributed by atoms with van der Waals surface area (Å²) in [6.07, 6.45) is 0. The Morgan fingerprint density at radius 1 is 1.33 bits per heavy atom. The molecule has 3 nitrogen and oxygen atoms in total. The third kappa shape index (κ3) is 2.95. The fourth-order valence-electron chi connectivity index (χ4n) is 1.67. The fourth-order valence-corrected chi connectivity index (χ4v) is 3.85. The number of benzene rings is 1. The van der Waals surface area contributed by atoms with Crippen LogP contribution in [-0.4, -0.2) is 7.11 Å². The normalized spacial score (nSPS) is 12.4. The summed E-state index contributed by atoms with van der Waals surface area (Å²) < 4.78 is 7.32. The van der Waals surface area contributed by atoms with Crippen LogP contribution in [0.15, 0.2) is 38.6 Å². The highest BCUT2D eigenvalue weighted by molar-refractivity contribution is 9.13. The molecule has 96 valence electrons. The van der Waals surface area contributed by atoms with Gasteiger partial charge in [0.1, 0.15) is 5.75 Å². The van der Waals surface area contributed by atoms with Crippen molar-refractivity contribution >= 4 is 43.2 Å². The lowest BCUT2D eigenvalue weighted by molar-refractivity contribution is 0.413. The van der Waals surface area contributed by atoms with Crippen LogP contribution in [0, 0.1) is 0 Å². The molecule has 0 spiro atoms. The first-order chi connectivity index (χ1) is 8.65. The number of ether oxygens (including phenoxy) is 1. The second-order valence-electron chi connectivity index (χ2n) is 3.65. The number of nitrogens with two attached hydrogens (primary N) is 1. The summed E-state index contributed by atoms with van der Waals surface area (Å²) in [5.41, 5.74) is 3.91. The van der Waals surface area contributed by atoms with Gasteiger partial charge in [0.05, 0.1) is 16.9 Å². The van der Waals surface area contributed by atoms with Gasteiger partial charge in [0.25, 0.3) is 0 Å². The molecule has 3 N–H and O–H groups in total. The first kappa shape index (κ1) is 14.0. The number of hydrogen-bond acceptors (Lipinski definition) is 4. The lowest BCUT2D eigenvalue weighted by Crippen LogP contribution is -2.28. The fraction of sp³-hybridized carbons (Fsp3) is 0.167. The molecule has 6 heteroatoms. The summed E-state index contributed by atoms with van der Waals surface area (Å²) in [6, 6.07) is 9.88. The maximum Gasteiger partial charge on any atom is 0.119 e. The molecule has 1 unspecified atom stereocenters. The van der Waals surface area contributed by atoms with Gasteiger partial charge in [-0.25, -0.2) is 5.43 Å². The zero-order valence-electron chi connectivity index (χ0n) is 9.61. The molecular formula is C12H12Br2N2OS. The van der Waals surface area contributed by atoms with Gasteiger partial charge in [-0.1, -0.05) is 12.1 Å². The van der Waals surface area contributed by atoms with Crippen molar-refractivity contribution in [1.29, 1.82) is 0 Å². The Labute approximate surface area is 127 Å². The van der Waals surface area contributed by atoms with Gasteiger partial charge in [0, 0.05) is 9.35 Å². The number of methoxy groups -OCH3 is 1. The Kier molecular flexibility index (Phi) is 4.80. The first-order valence-electron chi connectivity index (χ1n) is 5.20. The molecule has 1 aromatic heterocycles. The van der Waals surface area contributed by atoms with Crippen molar-refractivity contribution in [3.63, 3.8) is 0 Å². The maximum absolute atomic E-state index is 5.67. The molecule has 2 aromatic rings. The average molecular weight is 392 g/mol. The predicted octanol–water partition coefficient (Wildman–Crippen LogP) is 3.83. The zero-order chi connectivity index (χ0) is 13.1. The highest BCUT2D eigenvalue weighted by Gasteiger charge is 2.17. The van der Waals surface area contributed by atoms with Crippen molar-refractivity contribution in [3.05, 3.63) is 49.0 Å². The van der Waals surface area contributed by atoms with Crippen molar-refractivity contribution in [2.75, 3.05) is 7.11 Å². The molecule has 0 saturated heterocycles. The van der Waals surface area contributed by atoms with Gasteiger partial charge >= 0.3 is 0 Å². The average Bonchev–Trinajstić information content (AvgIpc) is 2.70. The molecule has 0 aliphatic heterocycles. The summed E-state index contributed by atoms with van der Waals surface area (Å²) >= 11 is 8.62. The third-order valence-corrected chi connectivity index (χ3v) is 5.86. The molecule has 0 aliphatic carbocycles. The summed E-state index contributed by atoms with van der Waals surface area (Å²) in [5.74, 6) is 6.49. The number of rotatable bonds is 4. The second-order valence-corrected chi connectivity index (χ2v) is 6.90. The minimum atomic E-state index is -0.0484. The quantitative estimate of drug-likeness (QED) is 0.614. The van der Waals surface area contributed by atoms with Crippen LogP contribution in [0.2, 0.25) is 0 Å². The van der Waals surface area contributed by atoms with E-state index in [1.807, 2.05) is 24.3 Å². The SMILES string of the molecule is COc1cccc(C(NN)c2cc(Br)c(Br)s2)c1. The second kappa shape index (κ2) is 6.16. The Balaban J connectivity index is 2.38. The molecule has 0 radical (unpaired) electrons. The van der Waals surface area contributed by atoms with E-state index in [2.05, 4.69) is 43.4 Å². The van der Waals surface area contributed by atoms with Crippen LogP contribution in [0.1, 0.15) is 16.5 Å². The first-order valence-corrected chi connectivity index (χ1v) is 7.60. The predicted molar refractivity (Wildman–Crippen MR) is 81.9 cm³/mol. The van der Waals surface area contributed by atoms with Crippen LogP contribution in [0.4, 0.5) is 0 Å². The topological polar surface area (TPSA) is 47.3 Å². The highest BCUT2D eigenvalue weighted by atomic mass is 79.9. The Morgan fingerprint density at radius 3 is 2.67 bits per heavy atom. The van der Waals surface area contributed by atoms with Crippen molar-refractivity contribution in [3.8, 4) is 5.75 Å². The molecule has 0 saturated carbocycles. The Hall–Kier alpha value is -0.400. The van der Waals surface area contributed by atoms with Crippen LogP contribution >= 0.6 is 43.2 Å². The maximum atomic E-state index is 5.67. The van der Waals surface area contributed by atoms with Gasteiger partial charge in [-0.05, 0) is 55.6 Å². The van der Waals surface area contributed by atoms with Crippen molar-refractivity contribution in [2.24, 2.45) is 5.84 Å². The largest absolute Gasteiger partial charge is 0.497 e. The number of nitrogens with one attached hydrogen (secondary N) is 1. The molecule has 1 atom stereocenters. The molecule has 0 fully saturated rings. The standard InChI is InChI=1S/C12H12Br2N2OS/c1-17-8-4-2-3-7(5-8)11(16-15)10-6-9(13)12(14)18-10/h2-6,11,16H,15H2,1H3. The van der Waals surface area contributed by atoms with Crippen molar-refractivity contribution < 1.29 is 4.74 Å². The van der Waals surface area contributed by atoms with Gasteiger partial charge in [0.2, 0.25) is 0 Å². The number of thiophene rings is 1. The van der Waals surface area contributed by atoms with Gasteiger partial charge in [0.15, 0.2) is 0 Å². The molecule has 0 amide bonds. The van der Waals surface area contributed by atoms with E-state index < -0.39 is 0 Å². The number of hydrazine groups is 1. The van der Waals surface area contributed by atoms with E-state index in [1.165, 1.54) is 0 Å². The van der Waals surface area contributed by atoms with E-state index >= 15 is 0 Å². The van der Waals surface area contributed by atoms with Crippen LogP contribution in [0.25, 0.3) is 0 Å². The smallest absolute Gasteiger partial charge is 0.119 e. The molecular weight excluding hydrogens is 380 g/mol. The highest BCUT2D eigenvalue weighted by Crippen LogP contribution is 2.37. The minimum absolute atomic E-state index is 0.0484. The van der Waals surface area contributed by atoms with Crippen molar-refractivity contribution in [2.45, 2.75) is 6.04 Å². The minimum Gasteiger partial charge on any atom is -0.497 e. The lowest BCUT2D eigenvalue weighted by atomic mass is 10.1. The molecule has 1 heterocycles. The molecule has 0 aliphatic rings. The Bertz CT molecular complexity index is 525. The van der Waals surface area contributed by atoms with E-state index in [0.29, 0.717) is 0 Å². The van der Waals surface area contributed by atoms with E-state index in [4.69, 9.17) is 10.6 Å². The van der Waals surface area contributed by atoms with Crippen LogP contribution in [0.3, 0.4) is 0 Å². The van der Waals surface area contributed by atoms with Crippen LogP contribution in [-0.2, 0) is 0 Å².